The molecule has 0 saturated carbocycles. The van der Waals surface area contributed by atoms with E-state index in [2.05, 4.69) is 10.3 Å². The van der Waals surface area contributed by atoms with Gasteiger partial charge >= 0.3 is 0 Å². The Kier molecular flexibility index (Phi) is 5.09. The van der Waals surface area contributed by atoms with E-state index in [1.165, 1.54) is 18.2 Å². The molecule has 0 radical (unpaired) electrons. The lowest BCUT2D eigenvalue weighted by Gasteiger charge is -2.10. The Hall–Kier alpha value is -2.43. The van der Waals surface area contributed by atoms with Crippen LogP contribution in [0.4, 0.5) is 4.39 Å². The van der Waals surface area contributed by atoms with E-state index in [4.69, 9.17) is 0 Å². The topological polar surface area (TPSA) is 62.0 Å². The first-order valence-corrected chi connectivity index (χ1v) is 7.28. The van der Waals surface area contributed by atoms with Gasteiger partial charge in [0, 0.05) is 12.2 Å². The minimum atomic E-state index is -0.455. The van der Waals surface area contributed by atoms with Gasteiger partial charge in [-0.15, -0.1) is 0 Å². The highest BCUT2D eigenvalue weighted by Gasteiger charge is 2.12. The van der Waals surface area contributed by atoms with Gasteiger partial charge in [0.2, 0.25) is 0 Å². The monoisotopic (exact) mass is 302 g/mol. The minimum Gasteiger partial charge on any atom is -0.352 e. The number of carbonyl (C=O) groups excluding carboxylic acids is 1. The number of carbonyl (C=O) groups is 1. The summed E-state index contributed by atoms with van der Waals surface area (Å²) in [5.74, 6) is -0.360. The highest BCUT2D eigenvalue weighted by atomic mass is 19.1. The summed E-state index contributed by atoms with van der Waals surface area (Å²) in [6.07, 6.45) is 0.958. The van der Waals surface area contributed by atoms with Crippen LogP contribution in [0.2, 0.25) is 0 Å². The summed E-state index contributed by atoms with van der Waals surface area (Å²) in [5.41, 5.74) is 0.853. The van der Waals surface area contributed by atoms with Gasteiger partial charge in [-0.2, -0.15) is 0 Å². The normalized spacial score (nSPS) is 12.0. The number of aromatic nitrogens is 1. The zero-order valence-corrected chi connectivity index (χ0v) is 12.7. The van der Waals surface area contributed by atoms with Crippen LogP contribution < -0.4 is 10.9 Å². The van der Waals surface area contributed by atoms with Gasteiger partial charge in [-0.05, 0) is 47.9 Å². The van der Waals surface area contributed by atoms with Gasteiger partial charge < -0.3 is 10.3 Å². The number of halogens is 1. The average molecular weight is 302 g/mol. The number of amides is 1. The molecule has 2 rings (SSSR count). The van der Waals surface area contributed by atoms with Crippen LogP contribution in [0.25, 0.3) is 11.3 Å². The molecule has 0 aliphatic heterocycles. The molecule has 4 nitrogen and oxygen atoms in total. The molecule has 0 unspecified atom stereocenters. The van der Waals surface area contributed by atoms with Gasteiger partial charge in [-0.25, -0.2) is 4.39 Å². The molecule has 2 aromatic rings. The molecule has 22 heavy (non-hydrogen) atoms. The third kappa shape index (κ3) is 3.81. The first-order valence-electron chi connectivity index (χ1n) is 7.28. The largest absolute Gasteiger partial charge is 0.352 e. The predicted octanol–water partition coefficient (Wildman–Crippen LogP) is 2.96. The molecule has 0 fully saturated rings. The van der Waals surface area contributed by atoms with Crippen molar-refractivity contribution in [1.82, 2.24) is 10.3 Å². The molecule has 0 spiro atoms. The Morgan fingerprint density at radius 1 is 1.23 bits per heavy atom. The Balaban J connectivity index is 2.17. The third-order valence-corrected chi connectivity index (χ3v) is 3.62. The second-order valence-electron chi connectivity index (χ2n) is 5.35. The quantitative estimate of drug-likeness (QED) is 0.892. The van der Waals surface area contributed by atoms with E-state index in [1.54, 1.807) is 18.2 Å². The molecule has 0 bridgehead atoms. The second-order valence-corrected chi connectivity index (χ2v) is 5.35. The zero-order chi connectivity index (χ0) is 16.1. The smallest absolute Gasteiger partial charge is 0.261 e. The molecule has 1 amide bonds. The zero-order valence-electron chi connectivity index (χ0n) is 12.7. The number of H-pyrrole nitrogens is 1. The molecule has 1 aromatic heterocycles. The fraction of sp³-hybridized carbons (Fsp3) is 0.294. The lowest BCUT2D eigenvalue weighted by molar-refractivity contribution is 0.0946. The van der Waals surface area contributed by atoms with Crippen molar-refractivity contribution in [3.63, 3.8) is 0 Å². The highest BCUT2D eigenvalue weighted by molar-refractivity contribution is 5.94. The molecule has 0 aliphatic rings. The van der Waals surface area contributed by atoms with Crippen LogP contribution in [0.1, 0.15) is 30.6 Å². The lowest BCUT2D eigenvalue weighted by atomic mass is 10.1. The van der Waals surface area contributed by atoms with Crippen LogP contribution in [0.15, 0.2) is 41.2 Å². The first-order chi connectivity index (χ1) is 10.5. The molecule has 2 N–H and O–H groups in total. The van der Waals surface area contributed by atoms with Crippen molar-refractivity contribution >= 4 is 5.91 Å². The van der Waals surface area contributed by atoms with Crippen molar-refractivity contribution in [3.05, 3.63) is 58.1 Å². The Labute approximate surface area is 128 Å². The fourth-order valence-corrected chi connectivity index (χ4v) is 1.96. The van der Waals surface area contributed by atoms with Gasteiger partial charge in [0.05, 0.1) is 0 Å². The number of aromatic amines is 1. The summed E-state index contributed by atoms with van der Waals surface area (Å²) in [6.45, 7) is 4.61. The van der Waals surface area contributed by atoms with E-state index in [-0.39, 0.29) is 17.3 Å². The van der Waals surface area contributed by atoms with E-state index < -0.39 is 5.56 Å². The Morgan fingerprint density at radius 3 is 2.50 bits per heavy atom. The SMILES string of the molecule is CC[C@H](C)CNC(=O)c1ccc(-c2ccc(F)cc2)[nH]c1=O. The fourth-order valence-electron chi connectivity index (χ4n) is 1.96. The number of hydrogen-bond acceptors (Lipinski definition) is 2. The van der Waals surface area contributed by atoms with Crippen molar-refractivity contribution in [2.75, 3.05) is 6.54 Å². The minimum absolute atomic E-state index is 0.0779. The van der Waals surface area contributed by atoms with Crippen LogP contribution >= 0.6 is 0 Å². The number of rotatable bonds is 5. The van der Waals surface area contributed by atoms with Crippen molar-refractivity contribution in [2.45, 2.75) is 20.3 Å². The van der Waals surface area contributed by atoms with Gasteiger partial charge in [0.1, 0.15) is 11.4 Å². The summed E-state index contributed by atoms with van der Waals surface area (Å²) >= 11 is 0. The van der Waals surface area contributed by atoms with E-state index >= 15 is 0 Å². The summed E-state index contributed by atoms with van der Waals surface area (Å²) < 4.78 is 12.9. The molecule has 5 heteroatoms. The first kappa shape index (κ1) is 15.9. The van der Waals surface area contributed by atoms with E-state index in [1.807, 2.05) is 13.8 Å². The third-order valence-electron chi connectivity index (χ3n) is 3.62. The van der Waals surface area contributed by atoms with Gasteiger partial charge in [0.25, 0.3) is 11.5 Å². The van der Waals surface area contributed by atoms with Crippen LogP contribution in [-0.2, 0) is 0 Å². The number of benzene rings is 1. The molecule has 1 aromatic carbocycles. The molecular formula is C17H19FN2O2. The van der Waals surface area contributed by atoms with Crippen molar-refractivity contribution in [2.24, 2.45) is 5.92 Å². The molecule has 1 heterocycles. The molecule has 0 saturated heterocycles. The maximum absolute atomic E-state index is 12.9. The molecular weight excluding hydrogens is 283 g/mol. The van der Waals surface area contributed by atoms with Crippen LogP contribution in [-0.4, -0.2) is 17.4 Å². The van der Waals surface area contributed by atoms with Crippen LogP contribution in [0.5, 0.6) is 0 Å². The maximum Gasteiger partial charge on any atom is 0.261 e. The number of nitrogens with one attached hydrogen (secondary N) is 2. The molecule has 1 atom stereocenters. The van der Waals surface area contributed by atoms with Gasteiger partial charge in [-0.1, -0.05) is 20.3 Å². The highest BCUT2D eigenvalue weighted by Crippen LogP contribution is 2.16. The van der Waals surface area contributed by atoms with Crippen molar-refractivity contribution in [1.29, 1.82) is 0 Å². The molecule has 0 aliphatic carbocycles. The maximum atomic E-state index is 12.9. The summed E-state index contributed by atoms with van der Waals surface area (Å²) in [4.78, 5) is 26.7. The predicted molar refractivity (Wildman–Crippen MR) is 84.2 cm³/mol. The number of hydrogen-bond donors (Lipinski definition) is 2. The van der Waals surface area contributed by atoms with E-state index in [0.717, 1.165) is 6.42 Å². The number of pyridine rings is 1. The molecule has 116 valence electrons. The van der Waals surface area contributed by atoms with Crippen LogP contribution in [0.3, 0.4) is 0 Å². The van der Waals surface area contributed by atoms with Gasteiger partial charge in [0.15, 0.2) is 0 Å². The van der Waals surface area contributed by atoms with Gasteiger partial charge in [-0.3, -0.25) is 9.59 Å². The standard InChI is InChI=1S/C17H19FN2O2/c1-3-11(2)10-19-16(21)14-8-9-15(20-17(14)22)12-4-6-13(18)7-5-12/h4-9,11H,3,10H2,1-2H3,(H,19,21)(H,20,22)/t11-/m0/s1. The average Bonchev–Trinajstić information content (AvgIpc) is 2.52. The summed E-state index contributed by atoms with van der Waals surface area (Å²) in [5, 5.41) is 2.75. The van der Waals surface area contributed by atoms with E-state index in [9.17, 15) is 14.0 Å². The lowest BCUT2D eigenvalue weighted by Crippen LogP contribution is -2.32. The Bertz CT molecular complexity index is 707. The summed E-state index contributed by atoms with van der Waals surface area (Å²) in [6, 6.07) is 8.92. The second kappa shape index (κ2) is 7.02. The van der Waals surface area contributed by atoms with E-state index in [0.29, 0.717) is 23.7 Å². The van der Waals surface area contributed by atoms with Crippen LogP contribution in [0, 0.1) is 11.7 Å². The Morgan fingerprint density at radius 2 is 1.91 bits per heavy atom. The van der Waals surface area contributed by atoms with Crippen molar-refractivity contribution in [3.8, 4) is 11.3 Å². The van der Waals surface area contributed by atoms with Crippen molar-refractivity contribution < 1.29 is 9.18 Å². The summed E-state index contributed by atoms with van der Waals surface area (Å²) in [7, 11) is 0.